The van der Waals surface area contributed by atoms with Gasteiger partial charge in [0.2, 0.25) is 11.8 Å². The van der Waals surface area contributed by atoms with Gasteiger partial charge in [-0.3, -0.25) is 4.79 Å². The molecule has 4 aromatic rings. The van der Waals surface area contributed by atoms with Crippen molar-refractivity contribution >= 4 is 55.7 Å². The molecular formula is C32H33BrFN5O6. The molecule has 2 saturated heterocycles. The summed E-state index contributed by atoms with van der Waals surface area (Å²) >= 11 is 3.44. The molecule has 3 aromatic heterocycles. The molecule has 4 aliphatic rings. The fraction of sp³-hybridized carbons (Fsp3) is 0.469. The van der Waals surface area contributed by atoms with Gasteiger partial charge in [0.1, 0.15) is 34.7 Å². The van der Waals surface area contributed by atoms with Crippen LogP contribution in [0.25, 0.3) is 22.1 Å². The van der Waals surface area contributed by atoms with Crippen LogP contribution >= 0.6 is 15.9 Å². The van der Waals surface area contributed by atoms with E-state index in [9.17, 15) is 14.7 Å². The van der Waals surface area contributed by atoms with Gasteiger partial charge in [-0.1, -0.05) is 19.1 Å². The summed E-state index contributed by atoms with van der Waals surface area (Å²) in [7, 11) is 0. The predicted molar refractivity (Wildman–Crippen MR) is 166 cm³/mol. The van der Waals surface area contributed by atoms with Crippen molar-refractivity contribution in [1.82, 2.24) is 19.9 Å². The fourth-order valence-electron chi connectivity index (χ4n) is 6.74. The molecule has 4 atom stereocenters. The summed E-state index contributed by atoms with van der Waals surface area (Å²) in [5.41, 5.74) is 0.0661. The number of carbonyl (C=O) groups excluding carboxylic acids is 1. The molecule has 1 amide bonds. The van der Waals surface area contributed by atoms with Crippen LogP contribution in [0.5, 0.6) is 5.88 Å². The van der Waals surface area contributed by atoms with Crippen molar-refractivity contribution in [3.8, 4) is 5.88 Å². The normalized spacial score (nSPS) is 26.2. The van der Waals surface area contributed by atoms with E-state index in [-0.39, 0.29) is 49.8 Å². The van der Waals surface area contributed by atoms with Crippen molar-refractivity contribution in [2.45, 2.75) is 56.8 Å². The van der Waals surface area contributed by atoms with Crippen LogP contribution in [0.4, 0.5) is 10.2 Å². The molecule has 11 nitrogen and oxygen atoms in total. The number of hydrogen-bond donors (Lipinski definition) is 1. The van der Waals surface area contributed by atoms with Crippen LogP contribution in [0.2, 0.25) is 0 Å². The van der Waals surface area contributed by atoms with E-state index < -0.39 is 29.7 Å². The molecule has 13 heteroatoms. The molecule has 4 aliphatic heterocycles. The van der Waals surface area contributed by atoms with E-state index in [1.54, 1.807) is 29.0 Å². The zero-order valence-corrected chi connectivity index (χ0v) is 26.3. The number of carboxylic acid groups (broad SMARTS) is 1. The van der Waals surface area contributed by atoms with Crippen LogP contribution in [0, 0.1) is 5.92 Å². The van der Waals surface area contributed by atoms with Crippen molar-refractivity contribution in [3.05, 3.63) is 52.4 Å². The summed E-state index contributed by atoms with van der Waals surface area (Å²) in [6, 6.07) is 8.19. The Bertz CT molecular complexity index is 1790. The lowest BCUT2D eigenvalue weighted by atomic mass is 9.78. The van der Waals surface area contributed by atoms with Crippen LogP contribution < -0.4 is 9.64 Å². The van der Waals surface area contributed by atoms with E-state index in [4.69, 9.17) is 23.9 Å². The molecule has 7 heterocycles. The Kier molecular flexibility index (Phi) is 7.84. The molecule has 1 aromatic carbocycles. The highest BCUT2D eigenvalue weighted by Gasteiger charge is 2.47. The molecule has 8 rings (SSSR count). The predicted octanol–water partition coefficient (Wildman–Crippen LogP) is 5.03. The van der Waals surface area contributed by atoms with Crippen LogP contribution in [-0.4, -0.2) is 81.8 Å². The summed E-state index contributed by atoms with van der Waals surface area (Å²) in [5, 5.41) is 11.1. The molecule has 0 unspecified atom stereocenters. The molecule has 0 spiro atoms. The number of benzene rings is 1. The highest BCUT2D eigenvalue weighted by molar-refractivity contribution is 9.10. The first-order chi connectivity index (χ1) is 21.7. The molecule has 236 valence electrons. The number of hydrogen-bond acceptors (Lipinski definition) is 9. The van der Waals surface area contributed by atoms with Crippen molar-refractivity contribution in [2.24, 2.45) is 5.92 Å². The van der Waals surface area contributed by atoms with E-state index in [1.807, 2.05) is 24.3 Å². The van der Waals surface area contributed by atoms with Gasteiger partial charge in [0.15, 0.2) is 11.4 Å². The summed E-state index contributed by atoms with van der Waals surface area (Å²) in [5.74, 6) is -0.630. The van der Waals surface area contributed by atoms with Gasteiger partial charge in [-0.25, -0.2) is 24.1 Å². The number of halogens is 2. The first kappa shape index (κ1) is 29.8. The lowest BCUT2D eigenvalue weighted by Gasteiger charge is -2.42. The number of aliphatic carboxylic acids is 1. The van der Waals surface area contributed by atoms with Crippen LogP contribution in [0.1, 0.15) is 44.0 Å². The first-order valence-electron chi connectivity index (χ1n) is 15.3. The average Bonchev–Trinajstić information content (AvgIpc) is 3.62. The Hall–Kier alpha value is -3.84. The number of para-hydroxylation sites is 1. The Balaban J connectivity index is 1.31. The monoisotopic (exact) mass is 681 g/mol. The van der Waals surface area contributed by atoms with Crippen LogP contribution in [0.3, 0.4) is 0 Å². The van der Waals surface area contributed by atoms with Gasteiger partial charge < -0.3 is 28.8 Å². The quantitative estimate of drug-likeness (QED) is 0.292. The number of alkyl halides is 1. The minimum Gasteiger partial charge on any atom is -0.480 e. The summed E-state index contributed by atoms with van der Waals surface area (Å²) in [4.78, 5) is 43.1. The zero-order chi connectivity index (χ0) is 31.3. The zero-order valence-electron chi connectivity index (χ0n) is 24.7. The first-order valence-corrected chi connectivity index (χ1v) is 16.1. The number of furan rings is 1. The van der Waals surface area contributed by atoms with E-state index >= 15 is 4.39 Å². The Labute approximate surface area is 266 Å². The van der Waals surface area contributed by atoms with Gasteiger partial charge in [-0.15, -0.1) is 0 Å². The molecule has 0 radical (unpaired) electrons. The number of aromatic nitrogens is 3. The number of ether oxygens (including phenoxy) is 2. The number of nitrogens with zero attached hydrogens (tertiary/aromatic N) is 5. The highest BCUT2D eigenvalue weighted by Crippen LogP contribution is 2.46. The SMILES string of the molecule is C[C@H]1CN2CC[C@]1(F)c1cc(Br)cnc1O[C@H]1C[C@@H](C(=O)O)N(C1)c1nc(nc3c1oc1ccccc13)CCOCCCC2=O. The lowest BCUT2D eigenvalue weighted by molar-refractivity contribution is -0.139. The fourth-order valence-corrected chi connectivity index (χ4v) is 7.07. The van der Waals surface area contributed by atoms with Crippen molar-refractivity contribution in [3.63, 3.8) is 0 Å². The third-order valence-corrected chi connectivity index (χ3v) is 9.57. The minimum atomic E-state index is -1.81. The maximum Gasteiger partial charge on any atom is 0.326 e. The van der Waals surface area contributed by atoms with Crippen LogP contribution in [-0.2, 0) is 26.4 Å². The number of amides is 1. The second kappa shape index (κ2) is 11.8. The van der Waals surface area contributed by atoms with Gasteiger partial charge in [0, 0.05) is 67.4 Å². The molecule has 1 N–H and O–H groups in total. The van der Waals surface area contributed by atoms with Gasteiger partial charge in [-0.2, -0.15) is 0 Å². The van der Waals surface area contributed by atoms with Gasteiger partial charge >= 0.3 is 5.97 Å². The van der Waals surface area contributed by atoms with E-state index in [0.29, 0.717) is 65.3 Å². The summed E-state index contributed by atoms with van der Waals surface area (Å²) in [6.45, 7) is 3.19. The Morgan fingerprint density at radius 3 is 2.84 bits per heavy atom. The maximum atomic E-state index is 17.0. The smallest absolute Gasteiger partial charge is 0.326 e. The second-order valence-electron chi connectivity index (χ2n) is 12.0. The molecular weight excluding hydrogens is 649 g/mol. The second-order valence-corrected chi connectivity index (χ2v) is 13.0. The number of carboxylic acids is 1. The maximum absolute atomic E-state index is 17.0. The van der Waals surface area contributed by atoms with E-state index in [0.717, 1.165) is 5.39 Å². The third-order valence-electron chi connectivity index (χ3n) is 9.13. The molecule has 2 fully saturated rings. The van der Waals surface area contributed by atoms with Crippen LogP contribution in [0.15, 0.2) is 45.4 Å². The Morgan fingerprint density at radius 1 is 1.18 bits per heavy atom. The van der Waals surface area contributed by atoms with Crippen molar-refractivity contribution in [2.75, 3.05) is 37.7 Å². The third kappa shape index (κ3) is 5.50. The van der Waals surface area contributed by atoms with E-state index in [1.165, 1.54) is 0 Å². The van der Waals surface area contributed by atoms with E-state index in [2.05, 4.69) is 20.9 Å². The van der Waals surface area contributed by atoms with Crippen molar-refractivity contribution in [1.29, 1.82) is 0 Å². The summed E-state index contributed by atoms with van der Waals surface area (Å²) in [6.07, 6.45) is 2.34. The number of rotatable bonds is 1. The van der Waals surface area contributed by atoms with Gasteiger partial charge in [0.25, 0.3) is 0 Å². The molecule has 6 bridgehead atoms. The number of anilines is 1. The largest absolute Gasteiger partial charge is 0.480 e. The lowest BCUT2D eigenvalue weighted by Crippen LogP contribution is -2.49. The number of carbonyl (C=O) groups is 2. The Morgan fingerprint density at radius 2 is 2.02 bits per heavy atom. The number of piperidine rings is 1. The van der Waals surface area contributed by atoms with Gasteiger partial charge in [-0.05, 0) is 40.5 Å². The number of pyridine rings is 1. The highest BCUT2D eigenvalue weighted by atomic mass is 79.9. The number of fused-ring (bicyclic) bond motifs is 11. The minimum absolute atomic E-state index is 0.0261. The van der Waals surface area contributed by atoms with Crippen molar-refractivity contribution < 1.29 is 33.0 Å². The summed E-state index contributed by atoms with van der Waals surface area (Å²) < 4.78 is 36.0. The molecule has 0 saturated carbocycles. The molecule has 0 aliphatic carbocycles. The van der Waals surface area contributed by atoms with Gasteiger partial charge in [0.05, 0.1) is 18.7 Å². The molecule has 45 heavy (non-hydrogen) atoms. The average molecular weight is 683 g/mol. The topological polar surface area (TPSA) is 131 Å². The standard InChI is InChI=1S/C32H33BrFN5O6/c1-18-16-38-10-9-32(18,34)22-13-19(33)15-35-30(22)44-20-14-23(31(41)42)39(17-20)29-28-27(21-5-2-3-6-24(21)45-28)36-25(37-29)8-12-43-11-4-7-26(38)40/h2-3,5-6,13,15,18,20,23H,4,7-12,14,16-17H2,1H3,(H,41,42)/t18-,20-,23-,32+/m0/s1.